The van der Waals surface area contributed by atoms with Crippen molar-refractivity contribution < 1.29 is 4.79 Å². The van der Waals surface area contributed by atoms with E-state index in [0.29, 0.717) is 16.8 Å². The van der Waals surface area contributed by atoms with Crippen LogP contribution in [0.5, 0.6) is 0 Å². The van der Waals surface area contributed by atoms with Crippen LogP contribution < -0.4 is 5.32 Å². The highest BCUT2D eigenvalue weighted by atomic mass is 35.5. The molecule has 1 aromatic rings. The monoisotopic (exact) mass is 335 g/mol. The average Bonchev–Trinajstić information content (AvgIpc) is 3.11. The number of nitrogens with one attached hydrogen (secondary N) is 1. The standard InChI is InChI=1S/C18H26ClN3O/c1-14(18(23)20-17-9-3-2-8-16(17)19)22-12-6-7-15(13-22)21-10-4-5-11-21/h2-3,8-9,14-15H,4-7,10-13H2,1H3,(H,20,23). The number of carbonyl (C=O) groups excluding carboxylic acids is 1. The van der Waals surface area contributed by atoms with Gasteiger partial charge in [-0.15, -0.1) is 0 Å². The van der Waals surface area contributed by atoms with E-state index in [4.69, 9.17) is 11.6 Å². The molecule has 2 saturated heterocycles. The third-order valence-electron chi connectivity index (χ3n) is 5.14. The number of benzene rings is 1. The number of rotatable bonds is 4. The van der Waals surface area contributed by atoms with Crippen LogP contribution in [0.3, 0.4) is 0 Å². The summed E-state index contributed by atoms with van der Waals surface area (Å²) in [7, 11) is 0. The van der Waals surface area contributed by atoms with E-state index in [1.54, 1.807) is 6.07 Å². The van der Waals surface area contributed by atoms with E-state index in [-0.39, 0.29) is 11.9 Å². The van der Waals surface area contributed by atoms with Gasteiger partial charge in [0.25, 0.3) is 0 Å². The highest BCUT2D eigenvalue weighted by molar-refractivity contribution is 6.33. The first-order valence-electron chi connectivity index (χ1n) is 8.68. The van der Waals surface area contributed by atoms with Gasteiger partial charge in [0.2, 0.25) is 5.91 Å². The van der Waals surface area contributed by atoms with Crippen molar-refractivity contribution in [3.63, 3.8) is 0 Å². The minimum atomic E-state index is -0.128. The number of amides is 1. The number of likely N-dealkylation sites (tertiary alicyclic amines) is 2. The molecule has 1 N–H and O–H groups in total. The maximum absolute atomic E-state index is 12.6. The largest absolute Gasteiger partial charge is 0.323 e. The Morgan fingerprint density at radius 3 is 2.70 bits per heavy atom. The van der Waals surface area contributed by atoms with Crippen molar-refractivity contribution in [1.82, 2.24) is 9.80 Å². The lowest BCUT2D eigenvalue weighted by Crippen LogP contribution is -2.52. The van der Waals surface area contributed by atoms with Crippen molar-refractivity contribution in [3.05, 3.63) is 29.3 Å². The van der Waals surface area contributed by atoms with Crippen molar-refractivity contribution in [2.24, 2.45) is 0 Å². The zero-order chi connectivity index (χ0) is 16.2. The van der Waals surface area contributed by atoms with E-state index in [1.165, 1.54) is 38.8 Å². The first kappa shape index (κ1) is 16.7. The molecular formula is C18H26ClN3O. The Kier molecular flexibility index (Phi) is 5.57. The van der Waals surface area contributed by atoms with Crippen LogP contribution in [0, 0.1) is 0 Å². The Balaban J connectivity index is 1.59. The molecule has 2 aliphatic heterocycles. The molecule has 2 atom stereocenters. The smallest absolute Gasteiger partial charge is 0.241 e. The molecule has 2 unspecified atom stereocenters. The van der Waals surface area contributed by atoms with Crippen LogP contribution in [0.15, 0.2) is 24.3 Å². The average molecular weight is 336 g/mol. The van der Waals surface area contributed by atoms with Gasteiger partial charge in [-0.3, -0.25) is 14.6 Å². The maximum atomic E-state index is 12.6. The second-order valence-electron chi connectivity index (χ2n) is 6.68. The lowest BCUT2D eigenvalue weighted by atomic mass is 10.0. The molecule has 126 valence electrons. The summed E-state index contributed by atoms with van der Waals surface area (Å²) >= 11 is 6.13. The van der Waals surface area contributed by atoms with Gasteiger partial charge in [-0.2, -0.15) is 0 Å². The van der Waals surface area contributed by atoms with Crippen LogP contribution in [-0.4, -0.2) is 54.0 Å². The van der Waals surface area contributed by atoms with Gasteiger partial charge in [0, 0.05) is 12.6 Å². The van der Waals surface area contributed by atoms with E-state index in [9.17, 15) is 4.79 Å². The topological polar surface area (TPSA) is 35.6 Å². The number of hydrogen-bond donors (Lipinski definition) is 1. The van der Waals surface area contributed by atoms with Gasteiger partial charge in [-0.05, 0) is 64.4 Å². The Hall–Kier alpha value is -1.10. The zero-order valence-electron chi connectivity index (χ0n) is 13.8. The summed E-state index contributed by atoms with van der Waals surface area (Å²) in [5, 5.41) is 3.55. The van der Waals surface area contributed by atoms with E-state index in [0.717, 1.165) is 13.1 Å². The molecule has 1 amide bonds. The van der Waals surface area contributed by atoms with Crippen LogP contribution >= 0.6 is 11.6 Å². The fraction of sp³-hybridized carbons (Fsp3) is 0.611. The van der Waals surface area contributed by atoms with Crippen LogP contribution in [0.2, 0.25) is 5.02 Å². The SMILES string of the molecule is CC(C(=O)Nc1ccccc1Cl)N1CCCC(N2CCCC2)C1. The molecule has 23 heavy (non-hydrogen) atoms. The molecule has 5 heteroatoms. The summed E-state index contributed by atoms with van der Waals surface area (Å²) in [6.45, 7) is 6.44. The predicted molar refractivity (Wildman–Crippen MR) is 94.9 cm³/mol. The quantitative estimate of drug-likeness (QED) is 0.917. The summed E-state index contributed by atoms with van der Waals surface area (Å²) in [5.74, 6) is 0.0279. The van der Waals surface area contributed by atoms with Gasteiger partial charge in [-0.1, -0.05) is 23.7 Å². The van der Waals surface area contributed by atoms with Gasteiger partial charge in [-0.25, -0.2) is 0 Å². The van der Waals surface area contributed by atoms with Crippen molar-refractivity contribution >= 4 is 23.2 Å². The van der Waals surface area contributed by atoms with Crippen molar-refractivity contribution in [2.45, 2.75) is 44.7 Å². The van der Waals surface area contributed by atoms with Crippen LogP contribution in [0.1, 0.15) is 32.6 Å². The number of piperidine rings is 1. The molecule has 1 aromatic carbocycles. The Morgan fingerprint density at radius 1 is 1.22 bits per heavy atom. The Morgan fingerprint density at radius 2 is 1.96 bits per heavy atom. The Bertz CT molecular complexity index is 545. The highest BCUT2D eigenvalue weighted by Crippen LogP contribution is 2.24. The van der Waals surface area contributed by atoms with Gasteiger partial charge < -0.3 is 5.32 Å². The number of para-hydroxylation sites is 1. The number of carbonyl (C=O) groups is 1. The summed E-state index contributed by atoms with van der Waals surface area (Å²) in [5.41, 5.74) is 0.694. The third kappa shape index (κ3) is 4.06. The minimum absolute atomic E-state index is 0.0279. The number of anilines is 1. The first-order chi connectivity index (χ1) is 11.1. The number of nitrogens with zero attached hydrogens (tertiary/aromatic N) is 2. The second-order valence-corrected chi connectivity index (χ2v) is 7.09. The van der Waals surface area contributed by atoms with E-state index in [1.807, 2.05) is 25.1 Å². The van der Waals surface area contributed by atoms with Crippen molar-refractivity contribution in [1.29, 1.82) is 0 Å². The molecule has 0 saturated carbocycles. The van der Waals surface area contributed by atoms with Gasteiger partial charge in [0.15, 0.2) is 0 Å². The van der Waals surface area contributed by atoms with Gasteiger partial charge in [0.1, 0.15) is 0 Å². The third-order valence-corrected chi connectivity index (χ3v) is 5.47. The molecule has 0 spiro atoms. The van der Waals surface area contributed by atoms with Crippen LogP contribution in [0.25, 0.3) is 0 Å². The molecule has 0 bridgehead atoms. The van der Waals surface area contributed by atoms with Crippen molar-refractivity contribution in [3.8, 4) is 0 Å². The van der Waals surface area contributed by atoms with Gasteiger partial charge >= 0.3 is 0 Å². The van der Waals surface area contributed by atoms with E-state index < -0.39 is 0 Å². The van der Waals surface area contributed by atoms with Gasteiger partial charge in [0.05, 0.1) is 16.8 Å². The predicted octanol–water partition coefficient (Wildman–Crippen LogP) is 3.23. The van der Waals surface area contributed by atoms with E-state index >= 15 is 0 Å². The Labute approximate surface area is 143 Å². The summed E-state index contributed by atoms with van der Waals surface area (Å²) in [6, 6.07) is 7.88. The lowest BCUT2D eigenvalue weighted by Gasteiger charge is -2.39. The fourth-order valence-electron chi connectivity index (χ4n) is 3.71. The number of halogens is 1. The molecule has 2 aliphatic rings. The zero-order valence-corrected chi connectivity index (χ0v) is 14.6. The van der Waals surface area contributed by atoms with Crippen molar-refractivity contribution in [2.75, 3.05) is 31.5 Å². The minimum Gasteiger partial charge on any atom is -0.323 e. The van der Waals surface area contributed by atoms with Crippen LogP contribution in [0.4, 0.5) is 5.69 Å². The highest BCUT2D eigenvalue weighted by Gasteiger charge is 2.31. The van der Waals surface area contributed by atoms with E-state index in [2.05, 4.69) is 15.1 Å². The summed E-state index contributed by atoms with van der Waals surface area (Å²) in [6.07, 6.45) is 5.07. The second kappa shape index (κ2) is 7.65. The molecule has 3 rings (SSSR count). The normalized spacial score (nSPS) is 24.5. The molecular weight excluding hydrogens is 310 g/mol. The summed E-state index contributed by atoms with van der Waals surface area (Å²) < 4.78 is 0. The maximum Gasteiger partial charge on any atom is 0.241 e. The molecule has 0 aliphatic carbocycles. The molecule has 2 fully saturated rings. The first-order valence-corrected chi connectivity index (χ1v) is 9.06. The molecule has 2 heterocycles. The molecule has 4 nitrogen and oxygen atoms in total. The molecule has 0 aromatic heterocycles. The fourth-order valence-corrected chi connectivity index (χ4v) is 3.89. The van der Waals surface area contributed by atoms with Crippen LogP contribution in [-0.2, 0) is 4.79 Å². The summed E-state index contributed by atoms with van der Waals surface area (Å²) in [4.78, 5) is 17.5. The lowest BCUT2D eigenvalue weighted by molar-refractivity contribution is -0.121. The molecule has 0 radical (unpaired) electrons. The number of hydrogen-bond acceptors (Lipinski definition) is 3.